The van der Waals surface area contributed by atoms with Crippen LogP contribution in [0.4, 0.5) is 26.3 Å². The maximum absolute atomic E-state index is 14.2. The summed E-state index contributed by atoms with van der Waals surface area (Å²) in [4.78, 5) is 35.2. The van der Waals surface area contributed by atoms with Crippen LogP contribution < -0.4 is 0 Å². The van der Waals surface area contributed by atoms with Gasteiger partial charge in [-0.2, -0.15) is 26.3 Å². The first kappa shape index (κ1) is 25.6. The highest BCUT2D eigenvalue weighted by molar-refractivity contribution is 5.80. The number of rotatable bonds is 9. The maximum atomic E-state index is 14.2. The van der Waals surface area contributed by atoms with Crippen LogP contribution in [-0.2, 0) is 28.6 Å². The summed E-state index contributed by atoms with van der Waals surface area (Å²) in [6, 6.07) is 0. The summed E-state index contributed by atoms with van der Waals surface area (Å²) < 4.78 is 96.9. The van der Waals surface area contributed by atoms with Gasteiger partial charge in [-0.05, 0) is 56.3 Å². The van der Waals surface area contributed by atoms with Gasteiger partial charge in [0.25, 0.3) is 0 Å². The predicted molar refractivity (Wildman–Crippen MR) is 98.3 cm³/mol. The van der Waals surface area contributed by atoms with E-state index in [0.717, 1.165) is 19.3 Å². The smallest absolute Gasteiger partial charge is 0.462 e. The van der Waals surface area contributed by atoms with Crippen LogP contribution in [0.2, 0.25) is 0 Å². The summed E-state index contributed by atoms with van der Waals surface area (Å²) >= 11 is 0. The Kier molecular flexibility index (Phi) is 6.71. The Morgan fingerprint density at radius 2 is 1.30 bits per heavy atom. The molecule has 0 spiro atoms. The third-order valence-electron chi connectivity index (χ3n) is 6.74. The van der Waals surface area contributed by atoms with Gasteiger partial charge in [0.15, 0.2) is 0 Å². The highest BCUT2D eigenvalue weighted by Gasteiger charge is 2.79. The van der Waals surface area contributed by atoms with Gasteiger partial charge in [0, 0.05) is 0 Å². The molecule has 0 unspecified atom stereocenters. The molecule has 4 saturated carbocycles. The third kappa shape index (κ3) is 4.66. The number of carbonyl (C=O) groups is 3. The molecule has 12 heteroatoms. The first-order valence-corrected chi connectivity index (χ1v) is 10.8. The zero-order chi connectivity index (χ0) is 24.8. The predicted octanol–water partition coefficient (Wildman–Crippen LogP) is 4.35. The Bertz CT molecular complexity index is 761. The highest BCUT2D eigenvalue weighted by atomic mass is 19.3. The van der Waals surface area contributed by atoms with E-state index in [2.05, 4.69) is 14.2 Å². The standard InChI is InChI=1S/C21H26F6O6/c1-11(2)15(28)31-3-4-32-17(30)19(22,23)20(24,25)21(26,27)33-16(29)18-8-12-5-13(9-18)7-14(6-12)10-18/h11-14H,3-10H2,1-2H3. The van der Waals surface area contributed by atoms with Crippen molar-refractivity contribution < 1.29 is 54.9 Å². The lowest BCUT2D eigenvalue weighted by Crippen LogP contribution is -2.61. The molecule has 4 aliphatic rings. The van der Waals surface area contributed by atoms with E-state index in [0.29, 0.717) is 0 Å². The zero-order valence-electron chi connectivity index (χ0n) is 18.2. The Morgan fingerprint density at radius 3 is 1.76 bits per heavy atom. The van der Waals surface area contributed by atoms with Crippen LogP contribution in [0.3, 0.4) is 0 Å². The number of ether oxygens (including phenoxy) is 3. The second-order valence-corrected chi connectivity index (χ2v) is 9.71. The largest absolute Gasteiger partial charge is 0.473 e. The maximum Gasteiger partial charge on any atom is 0.473 e. The fourth-order valence-electron chi connectivity index (χ4n) is 5.49. The molecular weight excluding hydrogens is 462 g/mol. The van der Waals surface area contributed by atoms with Gasteiger partial charge in [-0.3, -0.25) is 9.59 Å². The first-order valence-electron chi connectivity index (χ1n) is 10.8. The van der Waals surface area contributed by atoms with Gasteiger partial charge in [-0.15, -0.1) is 0 Å². The van der Waals surface area contributed by atoms with Crippen LogP contribution in [-0.4, -0.2) is 49.1 Å². The van der Waals surface area contributed by atoms with Crippen LogP contribution in [0.1, 0.15) is 52.4 Å². The molecule has 0 heterocycles. The second-order valence-electron chi connectivity index (χ2n) is 9.71. The van der Waals surface area contributed by atoms with E-state index in [1.54, 1.807) is 0 Å². The lowest BCUT2D eigenvalue weighted by Gasteiger charge is -2.55. The average Bonchev–Trinajstić information content (AvgIpc) is 2.69. The summed E-state index contributed by atoms with van der Waals surface area (Å²) in [6.07, 6.45) is -2.95. The Balaban J connectivity index is 1.63. The van der Waals surface area contributed by atoms with Crippen LogP contribution in [0, 0.1) is 29.1 Å². The molecule has 4 bridgehead atoms. The molecule has 0 aromatic heterocycles. The number of alkyl halides is 6. The normalized spacial score (nSPS) is 29.2. The Morgan fingerprint density at radius 1 is 0.848 bits per heavy atom. The van der Waals surface area contributed by atoms with E-state index in [-0.39, 0.29) is 37.0 Å². The molecule has 4 aliphatic carbocycles. The topological polar surface area (TPSA) is 78.9 Å². The van der Waals surface area contributed by atoms with Crippen LogP contribution in [0.5, 0.6) is 0 Å². The fourth-order valence-corrected chi connectivity index (χ4v) is 5.49. The average molecular weight is 488 g/mol. The lowest BCUT2D eigenvalue weighted by molar-refractivity contribution is -0.382. The molecule has 4 fully saturated rings. The Hall–Kier alpha value is -2.01. The molecule has 6 nitrogen and oxygen atoms in total. The van der Waals surface area contributed by atoms with Crippen molar-refractivity contribution in [1.82, 2.24) is 0 Å². The molecule has 0 aromatic carbocycles. The van der Waals surface area contributed by atoms with Crippen molar-refractivity contribution in [2.45, 2.75) is 70.3 Å². The summed E-state index contributed by atoms with van der Waals surface area (Å²) in [7, 11) is 0. The van der Waals surface area contributed by atoms with Gasteiger partial charge >= 0.3 is 35.9 Å². The van der Waals surface area contributed by atoms with Crippen molar-refractivity contribution >= 4 is 17.9 Å². The summed E-state index contributed by atoms with van der Waals surface area (Å²) in [6.45, 7) is 1.12. The zero-order valence-corrected chi connectivity index (χ0v) is 18.2. The van der Waals surface area contributed by atoms with Gasteiger partial charge in [-0.1, -0.05) is 13.8 Å². The fraction of sp³-hybridized carbons (Fsp3) is 0.857. The molecule has 0 aliphatic heterocycles. The highest BCUT2D eigenvalue weighted by Crippen LogP contribution is 2.61. The van der Waals surface area contributed by atoms with Gasteiger partial charge in [-0.25, -0.2) is 4.79 Å². The minimum absolute atomic E-state index is 0.0825. The van der Waals surface area contributed by atoms with E-state index < -0.39 is 60.4 Å². The van der Waals surface area contributed by atoms with Gasteiger partial charge in [0.1, 0.15) is 13.2 Å². The van der Waals surface area contributed by atoms with Crippen molar-refractivity contribution in [3.05, 3.63) is 0 Å². The summed E-state index contributed by atoms with van der Waals surface area (Å²) in [5.74, 6) is -18.1. The number of esters is 3. The lowest BCUT2D eigenvalue weighted by atomic mass is 9.49. The van der Waals surface area contributed by atoms with Crippen LogP contribution in [0.15, 0.2) is 0 Å². The van der Waals surface area contributed by atoms with Gasteiger partial charge in [0.05, 0.1) is 11.3 Å². The third-order valence-corrected chi connectivity index (χ3v) is 6.74. The SMILES string of the molecule is CC(C)C(=O)OCCOC(=O)C(F)(F)C(F)(F)C(F)(F)OC(=O)C12CC3CC(CC(C3)C1)C2. The molecule has 0 amide bonds. The molecule has 0 radical (unpaired) electrons. The van der Waals surface area contributed by atoms with Crippen molar-refractivity contribution in [2.24, 2.45) is 29.1 Å². The van der Waals surface area contributed by atoms with Crippen molar-refractivity contribution in [1.29, 1.82) is 0 Å². The monoisotopic (exact) mass is 488 g/mol. The molecule has 4 rings (SSSR count). The molecule has 0 aromatic rings. The van der Waals surface area contributed by atoms with Crippen LogP contribution >= 0.6 is 0 Å². The Labute approximate surface area is 186 Å². The van der Waals surface area contributed by atoms with Crippen molar-refractivity contribution in [2.75, 3.05) is 13.2 Å². The first-order chi connectivity index (χ1) is 15.1. The molecular formula is C21H26F6O6. The minimum atomic E-state index is -6.37. The van der Waals surface area contributed by atoms with Crippen LogP contribution in [0.25, 0.3) is 0 Å². The second kappa shape index (κ2) is 8.65. The van der Waals surface area contributed by atoms with E-state index in [1.165, 1.54) is 13.8 Å². The molecule has 188 valence electrons. The van der Waals surface area contributed by atoms with Crippen molar-refractivity contribution in [3.63, 3.8) is 0 Å². The van der Waals surface area contributed by atoms with E-state index in [1.807, 2.05) is 0 Å². The number of hydrogen-bond acceptors (Lipinski definition) is 6. The molecule has 0 atom stereocenters. The van der Waals surface area contributed by atoms with Gasteiger partial charge < -0.3 is 14.2 Å². The number of hydrogen-bond donors (Lipinski definition) is 0. The van der Waals surface area contributed by atoms with E-state index >= 15 is 0 Å². The van der Waals surface area contributed by atoms with E-state index in [4.69, 9.17) is 0 Å². The van der Waals surface area contributed by atoms with E-state index in [9.17, 15) is 40.7 Å². The van der Waals surface area contributed by atoms with Gasteiger partial charge in [0.2, 0.25) is 0 Å². The van der Waals surface area contributed by atoms with Crippen molar-refractivity contribution in [3.8, 4) is 0 Å². The molecule has 0 saturated heterocycles. The summed E-state index contributed by atoms with van der Waals surface area (Å²) in [5.41, 5.74) is -1.40. The minimum Gasteiger partial charge on any atom is -0.462 e. The molecule has 0 N–H and O–H groups in total. The molecule has 33 heavy (non-hydrogen) atoms. The quantitative estimate of drug-likeness (QED) is 0.208. The number of carbonyl (C=O) groups excluding carboxylic acids is 3. The number of halogens is 6. The summed E-state index contributed by atoms with van der Waals surface area (Å²) in [5, 5.41) is 0.